The molecule has 1 aromatic heterocycles. The number of rotatable bonds is 7. The number of benzene rings is 2. The molecule has 1 aliphatic rings. The van der Waals surface area contributed by atoms with Crippen LogP contribution in [-0.2, 0) is 4.79 Å². The Morgan fingerprint density at radius 3 is 2.90 bits per heavy atom. The van der Waals surface area contributed by atoms with E-state index in [9.17, 15) is 4.79 Å². The van der Waals surface area contributed by atoms with Crippen molar-refractivity contribution in [2.45, 2.75) is 25.1 Å². The van der Waals surface area contributed by atoms with Gasteiger partial charge >= 0.3 is 0 Å². The Morgan fingerprint density at radius 1 is 1.23 bits per heavy atom. The van der Waals surface area contributed by atoms with Crippen LogP contribution in [0.3, 0.4) is 0 Å². The molecular weight excluding hydrogens is 406 g/mol. The lowest BCUT2D eigenvalue weighted by Gasteiger charge is -2.10. The number of nitrogens with one attached hydrogen (secondary N) is 1. The summed E-state index contributed by atoms with van der Waals surface area (Å²) in [6.07, 6.45) is 0.0605. The Balaban J connectivity index is 1.39. The van der Waals surface area contributed by atoms with Crippen LogP contribution in [0.2, 0.25) is 0 Å². The van der Waals surface area contributed by atoms with Crippen LogP contribution < -0.4 is 25.4 Å². The number of carbonyl (C=O) groups is 1. The second kappa shape index (κ2) is 8.54. The molecule has 1 aliphatic heterocycles. The lowest BCUT2D eigenvalue weighted by molar-refractivity contribution is -0.113. The van der Waals surface area contributed by atoms with Gasteiger partial charge < -0.3 is 25.4 Å². The number of anilines is 1. The summed E-state index contributed by atoms with van der Waals surface area (Å²) in [5.41, 5.74) is 1.40. The van der Waals surface area contributed by atoms with Crippen LogP contribution in [0.25, 0.3) is 11.4 Å². The van der Waals surface area contributed by atoms with E-state index in [0.29, 0.717) is 28.2 Å². The van der Waals surface area contributed by atoms with E-state index in [0.717, 1.165) is 11.3 Å². The quantitative estimate of drug-likeness (QED) is 0.437. The van der Waals surface area contributed by atoms with Crippen molar-refractivity contribution in [2.24, 2.45) is 0 Å². The summed E-state index contributed by atoms with van der Waals surface area (Å²) in [5, 5.41) is 11.5. The van der Waals surface area contributed by atoms with E-state index in [-0.39, 0.29) is 24.6 Å². The summed E-state index contributed by atoms with van der Waals surface area (Å²) >= 11 is 1.20. The van der Waals surface area contributed by atoms with Gasteiger partial charge in [-0.15, -0.1) is 10.2 Å². The third-order valence-corrected chi connectivity index (χ3v) is 5.06. The van der Waals surface area contributed by atoms with Crippen molar-refractivity contribution in [1.82, 2.24) is 14.9 Å². The van der Waals surface area contributed by atoms with Gasteiger partial charge in [-0.25, -0.2) is 4.68 Å². The molecule has 10 heteroatoms. The van der Waals surface area contributed by atoms with Crippen molar-refractivity contribution in [3.05, 3.63) is 42.5 Å². The molecule has 0 bridgehead atoms. The molecule has 2 aromatic carbocycles. The molecule has 0 atom stereocenters. The highest BCUT2D eigenvalue weighted by atomic mass is 32.2. The number of nitrogens with zero attached hydrogens (tertiary/aromatic N) is 3. The summed E-state index contributed by atoms with van der Waals surface area (Å²) in [6.45, 7) is 4.10. The molecule has 2 heterocycles. The standard InChI is InChI=1S/C20H21N5O4S/c1-12(2)29-15-5-3-4-13(8-15)19-23-24-20(25(19)21)30-10-18(26)22-14-6-7-16-17(9-14)28-11-27-16/h3-9,12H,10-11,21H2,1-2H3,(H,22,26). The monoisotopic (exact) mass is 427 g/mol. The van der Waals surface area contributed by atoms with Crippen molar-refractivity contribution in [3.63, 3.8) is 0 Å². The zero-order valence-corrected chi connectivity index (χ0v) is 17.3. The molecule has 9 nitrogen and oxygen atoms in total. The van der Waals surface area contributed by atoms with Crippen LogP contribution in [-0.4, -0.2) is 39.4 Å². The lowest BCUT2D eigenvalue weighted by atomic mass is 10.2. The van der Waals surface area contributed by atoms with Crippen LogP contribution in [0.15, 0.2) is 47.6 Å². The molecular formula is C20H21N5O4S. The summed E-state index contributed by atoms with van der Waals surface area (Å²) in [5.74, 6) is 8.56. The van der Waals surface area contributed by atoms with Crippen molar-refractivity contribution in [1.29, 1.82) is 0 Å². The maximum Gasteiger partial charge on any atom is 0.234 e. The lowest BCUT2D eigenvalue weighted by Crippen LogP contribution is -2.16. The van der Waals surface area contributed by atoms with E-state index in [1.807, 2.05) is 38.1 Å². The first kappa shape index (κ1) is 19.9. The Bertz CT molecular complexity index is 1070. The van der Waals surface area contributed by atoms with Crippen molar-refractivity contribution in [3.8, 4) is 28.6 Å². The number of hydrogen-bond donors (Lipinski definition) is 2. The van der Waals surface area contributed by atoms with E-state index in [1.54, 1.807) is 18.2 Å². The number of fused-ring (bicyclic) bond motifs is 1. The van der Waals surface area contributed by atoms with E-state index in [1.165, 1.54) is 16.4 Å². The van der Waals surface area contributed by atoms with Gasteiger partial charge in [-0.1, -0.05) is 23.9 Å². The molecule has 3 aromatic rings. The molecule has 0 saturated carbocycles. The van der Waals surface area contributed by atoms with Crippen LogP contribution in [0.1, 0.15) is 13.8 Å². The Labute approximate surface area is 177 Å². The SMILES string of the molecule is CC(C)Oc1cccc(-c2nnc(SCC(=O)Nc3ccc4c(c3)OCO4)n2N)c1. The zero-order valence-electron chi connectivity index (χ0n) is 16.5. The van der Waals surface area contributed by atoms with Gasteiger partial charge in [0, 0.05) is 17.3 Å². The molecule has 0 spiro atoms. The molecule has 0 radical (unpaired) electrons. The molecule has 156 valence electrons. The second-order valence-electron chi connectivity index (χ2n) is 6.78. The summed E-state index contributed by atoms with van der Waals surface area (Å²) < 4.78 is 17.7. The number of thioether (sulfide) groups is 1. The van der Waals surface area contributed by atoms with Crippen LogP contribution in [0.5, 0.6) is 17.2 Å². The Kier molecular flexibility index (Phi) is 5.66. The molecule has 30 heavy (non-hydrogen) atoms. The molecule has 1 amide bonds. The fourth-order valence-corrected chi connectivity index (χ4v) is 3.51. The summed E-state index contributed by atoms with van der Waals surface area (Å²) in [4.78, 5) is 12.3. The van der Waals surface area contributed by atoms with E-state index in [2.05, 4.69) is 15.5 Å². The first-order valence-corrected chi connectivity index (χ1v) is 10.3. The highest BCUT2D eigenvalue weighted by Gasteiger charge is 2.16. The average molecular weight is 427 g/mol. The van der Waals surface area contributed by atoms with Gasteiger partial charge in [0.15, 0.2) is 17.3 Å². The van der Waals surface area contributed by atoms with Crippen molar-refractivity contribution < 1.29 is 19.0 Å². The largest absolute Gasteiger partial charge is 0.491 e. The molecule has 0 aliphatic carbocycles. The maximum atomic E-state index is 12.3. The highest BCUT2D eigenvalue weighted by Crippen LogP contribution is 2.34. The first-order chi connectivity index (χ1) is 14.5. The second-order valence-corrected chi connectivity index (χ2v) is 7.72. The number of carbonyl (C=O) groups excluding carboxylic acids is 1. The van der Waals surface area contributed by atoms with Crippen LogP contribution in [0, 0.1) is 0 Å². The third kappa shape index (κ3) is 4.43. The van der Waals surface area contributed by atoms with Gasteiger partial charge in [0.05, 0.1) is 11.9 Å². The molecule has 3 N–H and O–H groups in total. The minimum atomic E-state index is -0.198. The van der Waals surface area contributed by atoms with E-state index in [4.69, 9.17) is 20.1 Å². The van der Waals surface area contributed by atoms with E-state index < -0.39 is 0 Å². The van der Waals surface area contributed by atoms with Crippen LogP contribution in [0.4, 0.5) is 5.69 Å². The minimum Gasteiger partial charge on any atom is -0.491 e. The minimum absolute atomic E-state index is 0.0605. The number of ether oxygens (including phenoxy) is 3. The summed E-state index contributed by atoms with van der Waals surface area (Å²) in [7, 11) is 0. The number of aromatic nitrogens is 3. The number of amides is 1. The fraction of sp³-hybridized carbons (Fsp3) is 0.250. The van der Waals surface area contributed by atoms with Gasteiger partial charge in [-0.2, -0.15) is 0 Å². The van der Waals surface area contributed by atoms with Crippen molar-refractivity contribution in [2.75, 3.05) is 23.7 Å². The molecule has 0 unspecified atom stereocenters. The topological polar surface area (TPSA) is 114 Å². The van der Waals surface area contributed by atoms with Gasteiger partial charge in [0.2, 0.25) is 17.9 Å². The zero-order chi connectivity index (χ0) is 21.1. The first-order valence-electron chi connectivity index (χ1n) is 9.29. The number of hydrogen-bond acceptors (Lipinski definition) is 8. The fourth-order valence-electron chi connectivity index (χ4n) is 2.85. The smallest absolute Gasteiger partial charge is 0.234 e. The summed E-state index contributed by atoms with van der Waals surface area (Å²) in [6, 6.07) is 12.7. The number of nitrogen functional groups attached to an aromatic ring is 1. The average Bonchev–Trinajstić information content (AvgIpc) is 3.32. The van der Waals surface area contributed by atoms with Crippen molar-refractivity contribution >= 4 is 23.4 Å². The number of nitrogens with two attached hydrogens (primary N) is 1. The van der Waals surface area contributed by atoms with E-state index >= 15 is 0 Å². The normalized spacial score (nSPS) is 12.2. The van der Waals surface area contributed by atoms with Gasteiger partial charge in [-0.05, 0) is 38.1 Å². The third-order valence-electron chi connectivity index (χ3n) is 4.12. The van der Waals surface area contributed by atoms with Crippen LogP contribution >= 0.6 is 11.8 Å². The molecule has 0 fully saturated rings. The van der Waals surface area contributed by atoms with Gasteiger partial charge in [0.25, 0.3) is 0 Å². The van der Waals surface area contributed by atoms with Gasteiger partial charge in [0.1, 0.15) is 5.75 Å². The highest BCUT2D eigenvalue weighted by molar-refractivity contribution is 7.99. The Morgan fingerprint density at radius 2 is 2.07 bits per heavy atom. The predicted molar refractivity (Wildman–Crippen MR) is 113 cm³/mol. The van der Waals surface area contributed by atoms with Gasteiger partial charge in [-0.3, -0.25) is 4.79 Å². The molecule has 4 rings (SSSR count). The molecule has 0 saturated heterocycles. The maximum absolute atomic E-state index is 12.3. The Hall–Kier alpha value is -3.40. The predicted octanol–water partition coefficient (Wildman–Crippen LogP) is 2.91.